The van der Waals surface area contributed by atoms with Crippen molar-refractivity contribution in [2.75, 3.05) is 20.3 Å². The molecule has 39 heavy (non-hydrogen) atoms. The van der Waals surface area contributed by atoms with Crippen LogP contribution >= 0.6 is 0 Å². The van der Waals surface area contributed by atoms with Gasteiger partial charge in [-0.2, -0.15) is 0 Å². The Balaban J connectivity index is 1.45. The van der Waals surface area contributed by atoms with Crippen LogP contribution in [0.5, 0.6) is 17.2 Å². The number of unbranched alkanes of at least 4 members (excludes halogenated alkanes) is 3. The minimum atomic E-state index is -0.755. The Morgan fingerprint density at radius 3 is 1.97 bits per heavy atom. The SMILES string of the molecule is C=CC(=O)OCCCCCCOc1ccc(C(=O)Oc2ccc(C#Cc3ccc(OC)c(F)c3)cc2F)cc1. The summed E-state index contributed by atoms with van der Waals surface area (Å²) in [6.07, 6.45) is 4.58. The number of halogens is 2. The van der Waals surface area contributed by atoms with Crippen LogP contribution in [0.3, 0.4) is 0 Å². The van der Waals surface area contributed by atoms with Gasteiger partial charge in [0.1, 0.15) is 5.75 Å². The van der Waals surface area contributed by atoms with Gasteiger partial charge in [0.25, 0.3) is 0 Å². The van der Waals surface area contributed by atoms with Crippen LogP contribution in [-0.4, -0.2) is 32.3 Å². The number of esters is 2. The highest BCUT2D eigenvalue weighted by atomic mass is 19.1. The lowest BCUT2D eigenvalue weighted by Crippen LogP contribution is -2.09. The third-order valence-corrected chi connectivity index (χ3v) is 5.45. The molecule has 0 fully saturated rings. The Kier molecular flexibility index (Phi) is 11.1. The number of methoxy groups -OCH3 is 1. The van der Waals surface area contributed by atoms with E-state index in [2.05, 4.69) is 18.4 Å². The first-order valence-electron chi connectivity index (χ1n) is 12.3. The van der Waals surface area contributed by atoms with E-state index in [-0.39, 0.29) is 17.1 Å². The molecule has 3 aromatic carbocycles. The maximum absolute atomic E-state index is 14.5. The second kappa shape index (κ2) is 14.9. The van der Waals surface area contributed by atoms with Gasteiger partial charge in [0.2, 0.25) is 0 Å². The first kappa shape index (κ1) is 28.9. The van der Waals surface area contributed by atoms with E-state index in [1.165, 1.54) is 43.5 Å². The van der Waals surface area contributed by atoms with Crippen molar-refractivity contribution in [3.05, 3.63) is 102 Å². The monoisotopic (exact) mass is 534 g/mol. The molecule has 0 amide bonds. The number of hydrogen-bond donors (Lipinski definition) is 0. The van der Waals surface area contributed by atoms with Crippen LogP contribution in [0.4, 0.5) is 8.78 Å². The molecule has 202 valence electrons. The average molecular weight is 535 g/mol. The van der Waals surface area contributed by atoms with Crippen molar-refractivity contribution in [3.8, 4) is 29.1 Å². The van der Waals surface area contributed by atoms with Gasteiger partial charge in [0.05, 0.1) is 25.9 Å². The zero-order chi connectivity index (χ0) is 28.0. The third kappa shape index (κ3) is 9.31. The fraction of sp³-hybridized carbons (Fsp3) is 0.226. The molecular formula is C31H28F2O6. The molecule has 3 aromatic rings. The molecule has 0 aromatic heterocycles. The van der Waals surface area contributed by atoms with Crippen molar-refractivity contribution in [2.45, 2.75) is 25.7 Å². The van der Waals surface area contributed by atoms with Gasteiger partial charge in [-0.15, -0.1) is 0 Å². The highest BCUT2D eigenvalue weighted by Gasteiger charge is 2.13. The van der Waals surface area contributed by atoms with Gasteiger partial charge in [-0.25, -0.2) is 18.4 Å². The molecule has 0 atom stereocenters. The number of hydrogen-bond acceptors (Lipinski definition) is 6. The third-order valence-electron chi connectivity index (χ3n) is 5.45. The fourth-order valence-electron chi connectivity index (χ4n) is 3.38. The lowest BCUT2D eigenvalue weighted by molar-refractivity contribution is -0.137. The number of rotatable bonds is 12. The maximum atomic E-state index is 14.5. The smallest absolute Gasteiger partial charge is 0.343 e. The van der Waals surface area contributed by atoms with Crippen molar-refractivity contribution in [2.24, 2.45) is 0 Å². The molecule has 0 N–H and O–H groups in total. The van der Waals surface area contributed by atoms with E-state index in [9.17, 15) is 18.4 Å². The Morgan fingerprint density at radius 1 is 0.821 bits per heavy atom. The Labute approximate surface area is 226 Å². The standard InChI is InChI=1S/C31H28F2O6/c1-3-30(34)38-19-7-5-4-6-18-37-25-14-12-24(13-15-25)31(35)39-29-17-11-23(21-27(29)33)9-8-22-10-16-28(36-2)26(32)20-22/h3,10-17,20-21H,1,4-7,18-19H2,2H3. The van der Waals surface area contributed by atoms with E-state index in [1.54, 1.807) is 18.2 Å². The molecule has 0 radical (unpaired) electrons. The summed E-state index contributed by atoms with van der Waals surface area (Å²) in [5.74, 6) is 3.54. The zero-order valence-corrected chi connectivity index (χ0v) is 21.5. The lowest BCUT2D eigenvalue weighted by Gasteiger charge is -2.08. The molecule has 0 saturated carbocycles. The van der Waals surface area contributed by atoms with E-state index in [0.29, 0.717) is 30.1 Å². The van der Waals surface area contributed by atoms with Crippen molar-refractivity contribution < 1.29 is 37.3 Å². The van der Waals surface area contributed by atoms with Crippen LogP contribution in [0.2, 0.25) is 0 Å². The molecule has 0 unspecified atom stereocenters. The average Bonchev–Trinajstić information content (AvgIpc) is 2.94. The first-order chi connectivity index (χ1) is 18.9. The quantitative estimate of drug-likeness (QED) is 0.0898. The molecule has 0 bridgehead atoms. The van der Waals surface area contributed by atoms with Crippen LogP contribution < -0.4 is 14.2 Å². The molecule has 0 aliphatic rings. The fourth-order valence-corrected chi connectivity index (χ4v) is 3.38. The Bertz CT molecular complexity index is 1360. The summed E-state index contributed by atoms with van der Waals surface area (Å²) in [7, 11) is 1.37. The van der Waals surface area contributed by atoms with E-state index < -0.39 is 23.6 Å². The minimum absolute atomic E-state index is 0.105. The van der Waals surface area contributed by atoms with E-state index in [1.807, 2.05) is 0 Å². The van der Waals surface area contributed by atoms with Crippen molar-refractivity contribution >= 4 is 11.9 Å². The number of carbonyl (C=O) groups excluding carboxylic acids is 2. The zero-order valence-electron chi connectivity index (χ0n) is 21.5. The van der Waals surface area contributed by atoms with Crippen LogP contribution in [0.1, 0.15) is 47.2 Å². The number of benzene rings is 3. The molecule has 0 heterocycles. The van der Waals surface area contributed by atoms with Gasteiger partial charge in [0, 0.05) is 17.2 Å². The van der Waals surface area contributed by atoms with Crippen LogP contribution in [0.25, 0.3) is 0 Å². The van der Waals surface area contributed by atoms with Gasteiger partial charge in [-0.05, 0) is 86.3 Å². The second-order valence-corrected chi connectivity index (χ2v) is 8.29. The highest BCUT2D eigenvalue weighted by Crippen LogP contribution is 2.21. The van der Waals surface area contributed by atoms with Crippen LogP contribution in [-0.2, 0) is 9.53 Å². The summed E-state index contributed by atoms with van der Waals surface area (Å²) in [4.78, 5) is 23.4. The van der Waals surface area contributed by atoms with E-state index in [4.69, 9.17) is 18.9 Å². The summed E-state index contributed by atoms with van der Waals surface area (Å²) in [6.45, 7) is 4.22. The molecule has 8 heteroatoms. The minimum Gasteiger partial charge on any atom is -0.494 e. The second-order valence-electron chi connectivity index (χ2n) is 8.29. The van der Waals surface area contributed by atoms with Gasteiger partial charge in [0.15, 0.2) is 23.1 Å². The number of ether oxygens (including phenoxy) is 4. The molecule has 3 rings (SSSR count). The van der Waals surface area contributed by atoms with E-state index in [0.717, 1.165) is 37.8 Å². The summed E-state index contributed by atoms with van der Waals surface area (Å²) in [5, 5.41) is 0. The van der Waals surface area contributed by atoms with Crippen molar-refractivity contribution in [1.29, 1.82) is 0 Å². The van der Waals surface area contributed by atoms with Gasteiger partial charge in [-0.3, -0.25) is 0 Å². The van der Waals surface area contributed by atoms with Gasteiger partial charge < -0.3 is 18.9 Å². The molecule has 0 aliphatic carbocycles. The Hall–Kier alpha value is -4.64. The normalized spacial score (nSPS) is 10.1. The summed E-state index contributed by atoms with van der Waals surface area (Å²) in [6, 6.07) is 14.6. The summed E-state index contributed by atoms with van der Waals surface area (Å²) in [5.41, 5.74) is 0.975. The molecule has 0 saturated heterocycles. The predicted molar refractivity (Wildman–Crippen MR) is 142 cm³/mol. The van der Waals surface area contributed by atoms with Crippen molar-refractivity contribution in [1.82, 2.24) is 0 Å². The molecule has 6 nitrogen and oxygen atoms in total. The largest absolute Gasteiger partial charge is 0.494 e. The van der Waals surface area contributed by atoms with Gasteiger partial charge >= 0.3 is 11.9 Å². The first-order valence-corrected chi connectivity index (χ1v) is 12.3. The van der Waals surface area contributed by atoms with Gasteiger partial charge in [-0.1, -0.05) is 18.4 Å². The molecule has 0 spiro atoms. The topological polar surface area (TPSA) is 71.1 Å². The molecular weight excluding hydrogens is 506 g/mol. The highest BCUT2D eigenvalue weighted by molar-refractivity contribution is 5.91. The van der Waals surface area contributed by atoms with E-state index >= 15 is 0 Å². The lowest BCUT2D eigenvalue weighted by atomic mass is 10.1. The van der Waals surface area contributed by atoms with Crippen LogP contribution in [0, 0.1) is 23.5 Å². The molecule has 0 aliphatic heterocycles. The summed E-state index contributed by atoms with van der Waals surface area (Å²) < 4.78 is 49.0. The predicted octanol–water partition coefficient (Wildman–Crippen LogP) is 6.26. The van der Waals surface area contributed by atoms with Crippen LogP contribution in [0.15, 0.2) is 73.3 Å². The van der Waals surface area contributed by atoms with Crippen molar-refractivity contribution in [3.63, 3.8) is 0 Å². The number of carbonyl (C=O) groups is 2. The summed E-state index contributed by atoms with van der Waals surface area (Å²) >= 11 is 0. The Morgan fingerprint density at radius 2 is 1.41 bits per heavy atom. The maximum Gasteiger partial charge on any atom is 0.343 e.